The lowest BCUT2D eigenvalue weighted by Crippen LogP contribution is -1.80. The Kier molecular flexibility index (Phi) is 1.61. The molecule has 0 aliphatic heterocycles. The van der Waals surface area contributed by atoms with Gasteiger partial charge in [-0.15, -0.1) is 0 Å². The Hall–Kier alpha value is -0.710. The Morgan fingerprint density at radius 1 is 1.56 bits per heavy atom. The minimum atomic E-state index is -2.75. The van der Waals surface area contributed by atoms with Crippen molar-refractivity contribution in [3.8, 4) is 0 Å². The van der Waals surface area contributed by atoms with E-state index in [0.717, 1.165) is 0 Å². The van der Waals surface area contributed by atoms with Crippen molar-refractivity contribution >= 4 is 11.6 Å². The Labute approximate surface area is 53.6 Å². The number of halogens is 3. The van der Waals surface area contributed by atoms with Crippen LogP contribution in [0.4, 0.5) is 8.78 Å². The number of hydrogen-bond acceptors (Lipinski definition) is 3. The van der Waals surface area contributed by atoms with Crippen LogP contribution >= 0.6 is 11.6 Å². The quantitative estimate of drug-likeness (QED) is 0.618. The van der Waals surface area contributed by atoms with Crippen LogP contribution in [0, 0.1) is 0 Å². The number of rotatable bonds is 1. The molecular formula is C3HClF2N2O. The molecule has 1 rings (SSSR count). The predicted octanol–water partition coefficient (Wildman–Crippen LogP) is 1.66. The smallest absolute Gasteiger partial charge is 0.316 e. The zero-order valence-electron chi connectivity index (χ0n) is 4.01. The molecule has 0 spiro atoms. The molecule has 0 atom stereocenters. The fourth-order valence-corrected chi connectivity index (χ4v) is 0.423. The zero-order chi connectivity index (χ0) is 6.85. The number of nitrogens with zero attached hydrogens (tertiary/aromatic N) is 2. The molecule has 0 N–H and O–H groups in total. The minimum absolute atomic E-state index is 0.301. The average molecular weight is 155 g/mol. The van der Waals surface area contributed by atoms with E-state index >= 15 is 0 Å². The molecule has 1 aromatic heterocycles. The molecule has 0 saturated heterocycles. The lowest BCUT2D eigenvalue weighted by molar-refractivity contribution is 0.106. The summed E-state index contributed by atoms with van der Waals surface area (Å²) in [5, 5.41) is 2.64. The Morgan fingerprint density at radius 3 is 2.44 bits per heavy atom. The van der Waals surface area contributed by atoms with E-state index in [1.165, 1.54) is 0 Å². The third-order valence-corrected chi connectivity index (χ3v) is 0.757. The van der Waals surface area contributed by atoms with E-state index in [4.69, 9.17) is 11.6 Å². The number of alkyl halides is 2. The fraction of sp³-hybridized carbons (Fsp3) is 0.333. The van der Waals surface area contributed by atoms with Crippen molar-refractivity contribution in [2.75, 3.05) is 0 Å². The largest absolute Gasteiger partial charge is 0.332 e. The summed E-state index contributed by atoms with van der Waals surface area (Å²) >= 11 is 5.06. The van der Waals surface area contributed by atoms with Gasteiger partial charge >= 0.3 is 6.43 Å². The van der Waals surface area contributed by atoms with Gasteiger partial charge in [0.25, 0.3) is 11.2 Å². The van der Waals surface area contributed by atoms with Crippen LogP contribution in [0.25, 0.3) is 0 Å². The van der Waals surface area contributed by atoms with Crippen LogP contribution in [0.3, 0.4) is 0 Å². The van der Waals surface area contributed by atoms with Crippen LogP contribution in [-0.2, 0) is 0 Å². The van der Waals surface area contributed by atoms with Crippen LogP contribution in [0.2, 0.25) is 5.28 Å². The molecule has 0 aliphatic rings. The number of aromatic nitrogens is 2. The first-order valence-electron chi connectivity index (χ1n) is 1.97. The van der Waals surface area contributed by atoms with Crippen LogP contribution in [0.15, 0.2) is 4.52 Å². The summed E-state index contributed by atoms with van der Waals surface area (Å²) in [7, 11) is 0. The Bertz CT molecular complexity index is 201. The SMILES string of the molecule is FC(F)c1nc(Cl)no1. The van der Waals surface area contributed by atoms with Gasteiger partial charge in [0.2, 0.25) is 0 Å². The molecule has 0 bridgehead atoms. The highest BCUT2D eigenvalue weighted by Crippen LogP contribution is 2.16. The van der Waals surface area contributed by atoms with Crippen LogP contribution in [-0.4, -0.2) is 10.1 Å². The molecule has 50 valence electrons. The van der Waals surface area contributed by atoms with Gasteiger partial charge < -0.3 is 4.52 Å². The van der Waals surface area contributed by atoms with Crippen molar-refractivity contribution in [3.05, 3.63) is 11.2 Å². The maximum Gasteiger partial charge on any atom is 0.316 e. The van der Waals surface area contributed by atoms with Crippen molar-refractivity contribution < 1.29 is 13.3 Å². The van der Waals surface area contributed by atoms with Crippen molar-refractivity contribution in [3.63, 3.8) is 0 Å². The van der Waals surface area contributed by atoms with Gasteiger partial charge in [-0.25, -0.2) is 0 Å². The maximum absolute atomic E-state index is 11.5. The summed E-state index contributed by atoms with van der Waals surface area (Å²) in [5.41, 5.74) is 0. The molecule has 9 heavy (non-hydrogen) atoms. The molecule has 0 aromatic carbocycles. The first-order valence-corrected chi connectivity index (χ1v) is 2.35. The topological polar surface area (TPSA) is 38.9 Å². The summed E-state index contributed by atoms with van der Waals surface area (Å²) in [6.07, 6.45) is -2.75. The number of hydrogen-bond donors (Lipinski definition) is 0. The molecule has 0 aliphatic carbocycles. The minimum Gasteiger partial charge on any atom is -0.332 e. The van der Waals surface area contributed by atoms with E-state index < -0.39 is 12.3 Å². The van der Waals surface area contributed by atoms with E-state index in [1.54, 1.807) is 0 Å². The molecule has 6 heteroatoms. The van der Waals surface area contributed by atoms with Crippen molar-refractivity contribution in [2.45, 2.75) is 6.43 Å². The summed E-state index contributed by atoms with van der Waals surface area (Å²) in [5.74, 6) is -0.750. The van der Waals surface area contributed by atoms with E-state index in [2.05, 4.69) is 14.7 Å². The van der Waals surface area contributed by atoms with E-state index in [1.807, 2.05) is 0 Å². The highest BCUT2D eigenvalue weighted by Gasteiger charge is 2.14. The van der Waals surface area contributed by atoms with Gasteiger partial charge in [-0.05, 0) is 16.8 Å². The van der Waals surface area contributed by atoms with E-state index in [-0.39, 0.29) is 5.28 Å². The van der Waals surface area contributed by atoms with Gasteiger partial charge in [0.05, 0.1) is 0 Å². The highest BCUT2D eigenvalue weighted by atomic mass is 35.5. The summed E-state index contributed by atoms with van der Waals surface area (Å²) in [6.45, 7) is 0. The van der Waals surface area contributed by atoms with E-state index in [0.29, 0.717) is 0 Å². The monoisotopic (exact) mass is 154 g/mol. The second-order valence-electron chi connectivity index (χ2n) is 1.20. The molecule has 0 amide bonds. The van der Waals surface area contributed by atoms with Crippen molar-refractivity contribution in [1.29, 1.82) is 0 Å². The predicted molar refractivity (Wildman–Crippen MR) is 24.3 cm³/mol. The fourth-order valence-electron chi connectivity index (χ4n) is 0.305. The zero-order valence-corrected chi connectivity index (χ0v) is 4.77. The van der Waals surface area contributed by atoms with Crippen LogP contribution in [0.5, 0.6) is 0 Å². The van der Waals surface area contributed by atoms with Gasteiger partial charge in [-0.2, -0.15) is 13.8 Å². The molecular weight excluding hydrogens is 153 g/mol. The Balaban J connectivity index is 2.85. The molecule has 0 saturated carbocycles. The Morgan fingerprint density at radius 2 is 2.22 bits per heavy atom. The van der Waals surface area contributed by atoms with Gasteiger partial charge in [0, 0.05) is 0 Å². The average Bonchev–Trinajstić information content (AvgIpc) is 2.14. The molecule has 0 radical (unpaired) electrons. The van der Waals surface area contributed by atoms with Gasteiger partial charge in [-0.1, -0.05) is 0 Å². The lowest BCUT2D eigenvalue weighted by Gasteiger charge is -1.83. The van der Waals surface area contributed by atoms with Crippen LogP contribution in [0.1, 0.15) is 12.3 Å². The van der Waals surface area contributed by atoms with E-state index in [9.17, 15) is 8.78 Å². The molecule has 1 aromatic rings. The second-order valence-corrected chi connectivity index (χ2v) is 1.54. The highest BCUT2D eigenvalue weighted by molar-refractivity contribution is 6.28. The summed E-state index contributed by atoms with van der Waals surface area (Å²) < 4.78 is 27.0. The third-order valence-electron chi connectivity index (χ3n) is 0.604. The standard InChI is InChI=1S/C3HClF2N2O/c4-3-7-2(1(5)6)9-8-3/h1H. The normalized spacial score (nSPS) is 10.7. The first-order chi connectivity index (χ1) is 4.20. The molecule has 3 nitrogen and oxygen atoms in total. The van der Waals surface area contributed by atoms with Crippen molar-refractivity contribution in [1.82, 2.24) is 10.1 Å². The first kappa shape index (κ1) is 6.41. The van der Waals surface area contributed by atoms with Crippen LogP contribution < -0.4 is 0 Å². The molecule has 0 fully saturated rings. The second kappa shape index (κ2) is 2.26. The third kappa shape index (κ3) is 1.35. The van der Waals surface area contributed by atoms with Gasteiger partial charge in [-0.3, -0.25) is 0 Å². The maximum atomic E-state index is 11.5. The molecule has 1 heterocycles. The summed E-state index contributed by atoms with van der Waals surface area (Å²) in [4.78, 5) is 3.05. The summed E-state index contributed by atoms with van der Waals surface area (Å²) in [6, 6.07) is 0. The van der Waals surface area contributed by atoms with Gasteiger partial charge in [0.15, 0.2) is 0 Å². The van der Waals surface area contributed by atoms with Gasteiger partial charge in [0.1, 0.15) is 0 Å². The molecule has 0 unspecified atom stereocenters. The lowest BCUT2D eigenvalue weighted by atomic mass is 10.7. The van der Waals surface area contributed by atoms with Crippen molar-refractivity contribution in [2.24, 2.45) is 0 Å².